The Balaban J connectivity index is 1.29. The van der Waals surface area contributed by atoms with E-state index < -0.39 is 0 Å². The lowest BCUT2D eigenvalue weighted by molar-refractivity contribution is -0.123. The third-order valence-electron chi connectivity index (χ3n) is 4.01. The molecule has 0 fully saturated rings. The normalized spacial score (nSPS) is 10.9. The van der Waals surface area contributed by atoms with E-state index >= 15 is 0 Å². The SMILES string of the molecule is COc1cccc(OCC(=O)NCCc2csc3nc(-c4cccs4)nn23)c1. The molecular weight excluding hydrogens is 396 g/mol. The van der Waals surface area contributed by atoms with Crippen molar-refractivity contribution in [1.82, 2.24) is 19.9 Å². The summed E-state index contributed by atoms with van der Waals surface area (Å²) in [6.45, 7) is 0.457. The molecule has 0 aliphatic heterocycles. The van der Waals surface area contributed by atoms with Crippen molar-refractivity contribution in [3.63, 3.8) is 0 Å². The first-order valence-electron chi connectivity index (χ1n) is 8.63. The highest BCUT2D eigenvalue weighted by molar-refractivity contribution is 7.15. The van der Waals surface area contributed by atoms with Crippen molar-refractivity contribution in [2.45, 2.75) is 6.42 Å². The fourth-order valence-electron chi connectivity index (χ4n) is 2.63. The second-order valence-electron chi connectivity index (χ2n) is 5.90. The molecule has 0 saturated heterocycles. The Labute approximate surface area is 169 Å². The van der Waals surface area contributed by atoms with E-state index in [0.717, 1.165) is 21.4 Å². The molecule has 4 rings (SSSR count). The van der Waals surface area contributed by atoms with Crippen LogP contribution >= 0.6 is 22.7 Å². The second-order valence-corrected chi connectivity index (χ2v) is 7.69. The molecule has 0 aliphatic rings. The average Bonchev–Trinajstić information content (AvgIpc) is 3.44. The van der Waals surface area contributed by atoms with Crippen molar-refractivity contribution in [3.05, 3.63) is 52.9 Å². The molecule has 4 aromatic rings. The molecule has 0 radical (unpaired) electrons. The van der Waals surface area contributed by atoms with E-state index in [1.54, 1.807) is 41.9 Å². The van der Waals surface area contributed by atoms with Gasteiger partial charge in [0.1, 0.15) is 11.5 Å². The topological polar surface area (TPSA) is 77.8 Å². The smallest absolute Gasteiger partial charge is 0.257 e. The highest BCUT2D eigenvalue weighted by Crippen LogP contribution is 2.24. The zero-order valence-corrected chi connectivity index (χ0v) is 16.8. The molecule has 0 bridgehead atoms. The maximum atomic E-state index is 12.0. The maximum absolute atomic E-state index is 12.0. The molecule has 1 N–H and O–H groups in total. The summed E-state index contributed by atoms with van der Waals surface area (Å²) in [7, 11) is 1.59. The van der Waals surface area contributed by atoms with E-state index in [4.69, 9.17) is 9.47 Å². The Morgan fingerprint density at radius 1 is 1.21 bits per heavy atom. The van der Waals surface area contributed by atoms with Gasteiger partial charge in [0.2, 0.25) is 4.96 Å². The minimum absolute atomic E-state index is 0.0436. The van der Waals surface area contributed by atoms with Gasteiger partial charge in [-0.1, -0.05) is 12.1 Å². The summed E-state index contributed by atoms with van der Waals surface area (Å²) in [6.07, 6.45) is 0.665. The molecular formula is C19H18N4O3S2. The van der Waals surface area contributed by atoms with Gasteiger partial charge in [-0.15, -0.1) is 27.8 Å². The number of benzene rings is 1. The number of carbonyl (C=O) groups is 1. The summed E-state index contributed by atoms with van der Waals surface area (Å²) < 4.78 is 12.5. The lowest BCUT2D eigenvalue weighted by Crippen LogP contribution is -2.30. The molecule has 1 amide bonds. The number of thiophene rings is 1. The van der Waals surface area contributed by atoms with Gasteiger partial charge in [0, 0.05) is 24.4 Å². The summed E-state index contributed by atoms with van der Waals surface area (Å²) in [6, 6.07) is 11.2. The summed E-state index contributed by atoms with van der Waals surface area (Å²) in [5.74, 6) is 1.85. The predicted octanol–water partition coefficient (Wildman–Crippen LogP) is 3.27. The first-order valence-corrected chi connectivity index (χ1v) is 10.4. The van der Waals surface area contributed by atoms with Crippen LogP contribution in [0.2, 0.25) is 0 Å². The second kappa shape index (κ2) is 8.41. The molecule has 144 valence electrons. The van der Waals surface area contributed by atoms with Gasteiger partial charge in [0.25, 0.3) is 5.91 Å². The Hall–Kier alpha value is -2.91. The van der Waals surface area contributed by atoms with Crippen LogP contribution in [0.1, 0.15) is 5.69 Å². The van der Waals surface area contributed by atoms with Crippen molar-refractivity contribution in [2.75, 3.05) is 20.3 Å². The monoisotopic (exact) mass is 414 g/mol. The van der Waals surface area contributed by atoms with Gasteiger partial charge in [0.05, 0.1) is 17.7 Å². The lowest BCUT2D eigenvalue weighted by Gasteiger charge is -2.08. The molecule has 9 heteroatoms. The van der Waals surface area contributed by atoms with Gasteiger partial charge in [-0.3, -0.25) is 4.79 Å². The van der Waals surface area contributed by atoms with Crippen LogP contribution in [0.15, 0.2) is 47.2 Å². The number of rotatable bonds is 8. The van der Waals surface area contributed by atoms with E-state index in [2.05, 4.69) is 15.4 Å². The summed E-state index contributed by atoms with van der Waals surface area (Å²) in [4.78, 5) is 18.5. The molecule has 7 nitrogen and oxygen atoms in total. The summed E-state index contributed by atoms with van der Waals surface area (Å²) in [5, 5.41) is 11.5. The highest BCUT2D eigenvalue weighted by Gasteiger charge is 2.12. The molecule has 0 spiro atoms. The average molecular weight is 415 g/mol. The molecule has 0 aliphatic carbocycles. The number of aromatic nitrogens is 3. The van der Waals surface area contributed by atoms with Crippen LogP contribution < -0.4 is 14.8 Å². The van der Waals surface area contributed by atoms with Crippen molar-refractivity contribution in [3.8, 4) is 22.2 Å². The van der Waals surface area contributed by atoms with E-state index in [-0.39, 0.29) is 12.5 Å². The number of ether oxygens (including phenoxy) is 2. The number of nitrogens with zero attached hydrogens (tertiary/aromatic N) is 3. The number of nitrogens with one attached hydrogen (secondary N) is 1. The van der Waals surface area contributed by atoms with E-state index in [1.807, 2.05) is 39.5 Å². The van der Waals surface area contributed by atoms with Gasteiger partial charge in [-0.2, -0.15) is 4.98 Å². The van der Waals surface area contributed by atoms with Crippen LogP contribution in [-0.2, 0) is 11.2 Å². The minimum atomic E-state index is -0.174. The third kappa shape index (κ3) is 4.15. The zero-order valence-electron chi connectivity index (χ0n) is 15.1. The van der Waals surface area contributed by atoms with Crippen LogP contribution in [0.3, 0.4) is 0 Å². The first-order chi connectivity index (χ1) is 13.7. The van der Waals surface area contributed by atoms with Crippen molar-refractivity contribution < 1.29 is 14.3 Å². The molecule has 0 saturated carbocycles. The Bertz CT molecular complexity index is 1070. The first kappa shape index (κ1) is 18.5. The predicted molar refractivity (Wildman–Crippen MR) is 109 cm³/mol. The highest BCUT2D eigenvalue weighted by atomic mass is 32.1. The maximum Gasteiger partial charge on any atom is 0.257 e. The Kier molecular flexibility index (Phi) is 5.54. The Morgan fingerprint density at radius 3 is 2.93 bits per heavy atom. The molecule has 0 atom stereocenters. The molecule has 1 aromatic carbocycles. The van der Waals surface area contributed by atoms with Gasteiger partial charge in [-0.05, 0) is 23.6 Å². The summed E-state index contributed by atoms with van der Waals surface area (Å²) >= 11 is 3.16. The van der Waals surface area contributed by atoms with Crippen LogP contribution in [-0.4, -0.2) is 40.8 Å². The van der Waals surface area contributed by atoms with Gasteiger partial charge < -0.3 is 14.8 Å². The molecule has 3 aromatic heterocycles. The van der Waals surface area contributed by atoms with Crippen LogP contribution in [0.5, 0.6) is 11.5 Å². The van der Waals surface area contributed by atoms with Crippen molar-refractivity contribution in [1.29, 1.82) is 0 Å². The van der Waals surface area contributed by atoms with Crippen LogP contribution in [0, 0.1) is 0 Å². The number of hydrogen-bond acceptors (Lipinski definition) is 7. The number of fused-ring (bicyclic) bond motifs is 1. The van der Waals surface area contributed by atoms with E-state index in [9.17, 15) is 4.79 Å². The van der Waals surface area contributed by atoms with Crippen LogP contribution in [0.25, 0.3) is 15.7 Å². The van der Waals surface area contributed by atoms with Gasteiger partial charge >= 0.3 is 0 Å². The zero-order chi connectivity index (χ0) is 19.3. The van der Waals surface area contributed by atoms with Gasteiger partial charge in [0.15, 0.2) is 12.4 Å². The fourth-order valence-corrected chi connectivity index (χ4v) is 4.14. The molecule has 3 heterocycles. The van der Waals surface area contributed by atoms with Crippen molar-refractivity contribution in [2.24, 2.45) is 0 Å². The standard InChI is InChI=1S/C19H18N4O3S2/c1-25-14-4-2-5-15(10-14)26-11-17(24)20-8-7-13-12-28-19-21-18(22-23(13)19)16-6-3-9-27-16/h2-6,9-10,12H,7-8,11H2,1H3,(H,20,24). The third-order valence-corrected chi connectivity index (χ3v) is 5.74. The number of thiazole rings is 1. The van der Waals surface area contributed by atoms with E-state index in [0.29, 0.717) is 24.5 Å². The lowest BCUT2D eigenvalue weighted by atomic mass is 10.3. The van der Waals surface area contributed by atoms with Gasteiger partial charge in [-0.25, -0.2) is 4.52 Å². The van der Waals surface area contributed by atoms with Crippen molar-refractivity contribution >= 4 is 33.5 Å². The molecule has 0 unspecified atom stereocenters. The largest absolute Gasteiger partial charge is 0.497 e. The number of methoxy groups -OCH3 is 1. The quantitative estimate of drug-likeness (QED) is 0.479. The Morgan fingerprint density at radius 2 is 2.11 bits per heavy atom. The number of hydrogen-bond donors (Lipinski definition) is 1. The fraction of sp³-hybridized carbons (Fsp3) is 0.211. The number of carbonyl (C=O) groups excluding carboxylic acids is 1. The van der Waals surface area contributed by atoms with Crippen LogP contribution in [0.4, 0.5) is 0 Å². The van der Waals surface area contributed by atoms with E-state index in [1.165, 1.54) is 0 Å². The number of amides is 1. The minimum Gasteiger partial charge on any atom is -0.497 e. The summed E-state index contributed by atoms with van der Waals surface area (Å²) in [5.41, 5.74) is 1.02. The molecule has 28 heavy (non-hydrogen) atoms.